The van der Waals surface area contributed by atoms with Gasteiger partial charge in [0.05, 0.1) is 6.04 Å². The molecule has 1 aromatic rings. The highest BCUT2D eigenvalue weighted by Crippen LogP contribution is 2.28. The van der Waals surface area contributed by atoms with E-state index in [1.807, 2.05) is 0 Å². The average Bonchev–Trinajstić information content (AvgIpc) is 2.51. The van der Waals surface area contributed by atoms with E-state index in [1.54, 1.807) is 12.1 Å². The van der Waals surface area contributed by atoms with E-state index in [-0.39, 0.29) is 6.42 Å². The molecule has 0 saturated carbocycles. The van der Waals surface area contributed by atoms with Crippen LogP contribution in [-0.2, 0) is 0 Å². The van der Waals surface area contributed by atoms with Crippen LogP contribution in [0.4, 0.5) is 13.2 Å². The van der Waals surface area contributed by atoms with E-state index in [0.29, 0.717) is 10.4 Å². The molecule has 1 aromatic heterocycles. The van der Waals surface area contributed by atoms with E-state index in [9.17, 15) is 13.2 Å². The molecule has 0 radical (unpaired) electrons. The number of rotatable bonds is 4. The van der Waals surface area contributed by atoms with Crippen LogP contribution in [0.5, 0.6) is 0 Å². The normalized spacial score (nSPS) is 14.2. The fourth-order valence-corrected chi connectivity index (χ4v) is 1.45. The molecule has 7 heteroatoms. The maximum Gasteiger partial charge on any atom is 0.389 e. The standard InChI is InChI=1S/C8H10BrF3N2O/c9-7-2-1-6(15-7)5(14-13)3-4-8(10,11)12/h1-2,5,14H,3-4,13H2. The van der Waals surface area contributed by atoms with Gasteiger partial charge in [-0.05, 0) is 34.5 Å². The molecule has 0 fully saturated rings. The summed E-state index contributed by atoms with van der Waals surface area (Å²) in [5, 5.41) is 0. The molecule has 1 rings (SSSR count). The summed E-state index contributed by atoms with van der Waals surface area (Å²) < 4.78 is 41.5. The number of alkyl halides is 3. The molecule has 0 aromatic carbocycles. The summed E-state index contributed by atoms with van der Waals surface area (Å²) in [6, 6.07) is 2.55. The highest BCUT2D eigenvalue weighted by atomic mass is 79.9. The van der Waals surface area contributed by atoms with Gasteiger partial charge in [-0.15, -0.1) is 0 Å². The number of nitrogens with one attached hydrogen (secondary N) is 1. The number of furan rings is 1. The molecule has 0 aliphatic carbocycles. The van der Waals surface area contributed by atoms with Gasteiger partial charge in [-0.1, -0.05) is 0 Å². The van der Waals surface area contributed by atoms with Crippen molar-refractivity contribution < 1.29 is 17.6 Å². The van der Waals surface area contributed by atoms with Crippen LogP contribution in [0.15, 0.2) is 21.2 Å². The van der Waals surface area contributed by atoms with E-state index in [4.69, 9.17) is 10.3 Å². The smallest absolute Gasteiger partial charge is 0.389 e. The minimum Gasteiger partial charge on any atom is -0.453 e. The number of hydrazine groups is 1. The van der Waals surface area contributed by atoms with E-state index in [0.717, 1.165) is 0 Å². The van der Waals surface area contributed by atoms with Gasteiger partial charge in [-0.25, -0.2) is 5.43 Å². The van der Waals surface area contributed by atoms with Crippen molar-refractivity contribution in [3.05, 3.63) is 22.6 Å². The Balaban J connectivity index is 2.57. The second-order valence-electron chi connectivity index (χ2n) is 3.01. The Morgan fingerprint density at radius 3 is 2.53 bits per heavy atom. The van der Waals surface area contributed by atoms with E-state index in [1.165, 1.54) is 0 Å². The monoisotopic (exact) mass is 286 g/mol. The van der Waals surface area contributed by atoms with Gasteiger partial charge in [0.15, 0.2) is 4.67 Å². The second kappa shape index (κ2) is 5.00. The Labute approximate surface area is 92.9 Å². The summed E-state index contributed by atoms with van der Waals surface area (Å²) in [5.74, 6) is 5.53. The van der Waals surface area contributed by atoms with Crippen LogP contribution in [0.2, 0.25) is 0 Å². The first-order valence-corrected chi connectivity index (χ1v) is 5.00. The third-order valence-corrected chi connectivity index (χ3v) is 2.28. The molecule has 1 unspecified atom stereocenters. The van der Waals surface area contributed by atoms with Crippen LogP contribution in [0.1, 0.15) is 24.6 Å². The van der Waals surface area contributed by atoms with Crippen LogP contribution in [0.25, 0.3) is 0 Å². The summed E-state index contributed by atoms with van der Waals surface area (Å²) in [6.07, 6.45) is -5.24. The molecule has 3 N–H and O–H groups in total. The largest absolute Gasteiger partial charge is 0.453 e. The van der Waals surface area contributed by atoms with Gasteiger partial charge in [-0.3, -0.25) is 5.84 Å². The SMILES string of the molecule is NNC(CCC(F)(F)F)c1ccc(Br)o1. The molecular formula is C8H10BrF3N2O. The zero-order valence-electron chi connectivity index (χ0n) is 7.64. The van der Waals surface area contributed by atoms with Crippen LogP contribution in [0.3, 0.4) is 0 Å². The summed E-state index contributed by atoms with van der Waals surface area (Å²) in [7, 11) is 0. The number of hydrogen-bond donors (Lipinski definition) is 2. The maximum absolute atomic E-state index is 12.0. The van der Waals surface area contributed by atoms with Crippen molar-refractivity contribution in [1.82, 2.24) is 5.43 Å². The van der Waals surface area contributed by atoms with Gasteiger partial charge in [0.25, 0.3) is 0 Å². The van der Waals surface area contributed by atoms with E-state index < -0.39 is 18.6 Å². The predicted octanol–water partition coefficient (Wildman–Crippen LogP) is 2.89. The molecule has 0 amide bonds. The first-order chi connectivity index (χ1) is 6.92. The van der Waals surface area contributed by atoms with Gasteiger partial charge >= 0.3 is 6.18 Å². The molecule has 0 aliphatic rings. The lowest BCUT2D eigenvalue weighted by atomic mass is 10.1. The van der Waals surface area contributed by atoms with Crippen molar-refractivity contribution in [2.75, 3.05) is 0 Å². The number of nitrogens with two attached hydrogens (primary N) is 1. The van der Waals surface area contributed by atoms with Gasteiger partial charge in [0.2, 0.25) is 0 Å². The van der Waals surface area contributed by atoms with Crippen LogP contribution >= 0.6 is 15.9 Å². The molecule has 86 valence electrons. The maximum atomic E-state index is 12.0. The molecule has 0 bridgehead atoms. The topological polar surface area (TPSA) is 51.2 Å². The van der Waals surface area contributed by atoms with Gasteiger partial charge in [-0.2, -0.15) is 13.2 Å². The highest BCUT2D eigenvalue weighted by molar-refractivity contribution is 9.10. The molecule has 0 spiro atoms. The third-order valence-electron chi connectivity index (χ3n) is 1.86. The van der Waals surface area contributed by atoms with Crippen LogP contribution in [0, 0.1) is 0 Å². The highest BCUT2D eigenvalue weighted by Gasteiger charge is 2.29. The first-order valence-electron chi connectivity index (χ1n) is 4.20. The Morgan fingerprint density at radius 2 is 2.13 bits per heavy atom. The zero-order valence-corrected chi connectivity index (χ0v) is 9.23. The van der Waals surface area contributed by atoms with Gasteiger partial charge in [0.1, 0.15) is 5.76 Å². The Morgan fingerprint density at radius 1 is 1.47 bits per heavy atom. The summed E-state index contributed by atoms with van der Waals surface area (Å²) in [4.78, 5) is 0. The van der Waals surface area contributed by atoms with Crippen molar-refractivity contribution in [2.24, 2.45) is 5.84 Å². The lowest BCUT2D eigenvalue weighted by molar-refractivity contribution is -0.136. The van der Waals surface area contributed by atoms with Gasteiger partial charge < -0.3 is 4.42 Å². The van der Waals surface area contributed by atoms with Crippen molar-refractivity contribution >= 4 is 15.9 Å². The average molecular weight is 287 g/mol. The van der Waals surface area contributed by atoms with Gasteiger partial charge in [0, 0.05) is 6.42 Å². The zero-order chi connectivity index (χ0) is 11.5. The van der Waals surface area contributed by atoms with Crippen molar-refractivity contribution in [1.29, 1.82) is 0 Å². The van der Waals surface area contributed by atoms with E-state index >= 15 is 0 Å². The Bertz CT molecular complexity index is 313. The first kappa shape index (κ1) is 12.5. The predicted molar refractivity (Wildman–Crippen MR) is 51.8 cm³/mol. The summed E-state index contributed by atoms with van der Waals surface area (Å²) in [5.41, 5.74) is 2.29. The molecule has 0 aliphatic heterocycles. The van der Waals surface area contributed by atoms with E-state index in [2.05, 4.69) is 21.4 Å². The molecule has 3 nitrogen and oxygen atoms in total. The molecule has 0 saturated heterocycles. The minimum atomic E-state index is -4.18. The fraction of sp³-hybridized carbons (Fsp3) is 0.500. The quantitative estimate of drug-likeness (QED) is 0.661. The van der Waals surface area contributed by atoms with Crippen molar-refractivity contribution in [3.8, 4) is 0 Å². The van der Waals surface area contributed by atoms with Crippen LogP contribution in [-0.4, -0.2) is 6.18 Å². The number of hydrogen-bond acceptors (Lipinski definition) is 3. The Hall–Kier alpha value is -0.530. The lowest BCUT2D eigenvalue weighted by Crippen LogP contribution is -2.28. The Kier molecular flexibility index (Phi) is 4.18. The van der Waals surface area contributed by atoms with Crippen LogP contribution < -0.4 is 11.3 Å². The number of halogens is 4. The summed E-state index contributed by atoms with van der Waals surface area (Å²) >= 11 is 3.06. The fourth-order valence-electron chi connectivity index (χ4n) is 1.13. The second-order valence-corrected chi connectivity index (χ2v) is 3.80. The minimum absolute atomic E-state index is 0.153. The molecular weight excluding hydrogens is 277 g/mol. The third kappa shape index (κ3) is 4.23. The van der Waals surface area contributed by atoms with Crippen molar-refractivity contribution in [2.45, 2.75) is 25.1 Å². The van der Waals surface area contributed by atoms with Crippen molar-refractivity contribution in [3.63, 3.8) is 0 Å². The molecule has 1 heterocycles. The molecule has 15 heavy (non-hydrogen) atoms. The lowest BCUT2D eigenvalue weighted by Gasteiger charge is -2.14. The summed E-state index contributed by atoms with van der Waals surface area (Å²) in [6.45, 7) is 0. The molecule has 1 atom stereocenters.